The van der Waals surface area contributed by atoms with E-state index in [1.54, 1.807) is 18.2 Å². The summed E-state index contributed by atoms with van der Waals surface area (Å²) in [6, 6.07) is 8.54. The van der Waals surface area contributed by atoms with Gasteiger partial charge in [0.1, 0.15) is 5.82 Å². The first kappa shape index (κ1) is 19.4. The summed E-state index contributed by atoms with van der Waals surface area (Å²) in [6.07, 6.45) is 0.838. The Labute approximate surface area is 152 Å². The molecular formula is C16H22FIN4O. The van der Waals surface area contributed by atoms with E-state index in [0.717, 1.165) is 24.4 Å². The van der Waals surface area contributed by atoms with Crippen molar-refractivity contribution < 1.29 is 8.91 Å². The number of hydrogen-bond donors (Lipinski definition) is 2. The second kappa shape index (κ2) is 10.2. The Morgan fingerprint density at radius 3 is 2.70 bits per heavy atom. The number of hydrogen-bond acceptors (Lipinski definition) is 3. The van der Waals surface area contributed by atoms with Crippen molar-refractivity contribution in [2.45, 2.75) is 33.4 Å². The summed E-state index contributed by atoms with van der Waals surface area (Å²) in [5, 5.41) is 10.2. The number of nitrogens with zero attached hydrogens (tertiary/aromatic N) is 2. The van der Waals surface area contributed by atoms with Gasteiger partial charge in [0, 0.05) is 18.2 Å². The zero-order valence-corrected chi connectivity index (χ0v) is 15.6. The van der Waals surface area contributed by atoms with Crippen molar-refractivity contribution in [2.24, 2.45) is 4.99 Å². The third-order valence-electron chi connectivity index (χ3n) is 3.11. The summed E-state index contributed by atoms with van der Waals surface area (Å²) >= 11 is 0. The van der Waals surface area contributed by atoms with Gasteiger partial charge in [0.05, 0.1) is 18.8 Å². The van der Waals surface area contributed by atoms with E-state index in [9.17, 15) is 4.39 Å². The standard InChI is InChI=1S/C16H21FN4O.HI/c1-3-13-9-14(22-21-13)11-20-16(18-4-2)19-10-12-7-5-6-8-15(12)17;/h5-9H,3-4,10-11H2,1-2H3,(H2,18,19,20);1H. The molecule has 1 heterocycles. The molecule has 7 heteroatoms. The number of aliphatic imine (C=N–C) groups is 1. The van der Waals surface area contributed by atoms with Gasteiger partial charge >= 0.3 is 0 Å². The van der Waals surface area contributed by atoms with Crippen LogP contribution in [0.4, 0.5) is 4.39 Å². The molecule has 0 bridgehead atoms. The molecule has 0 saturated heterocycles. The third kappa shape index (κ3) is 6.17. The maximum atomic E-state index is 13.6. The fraction of sp³-hybridized carbons (Fsp3) is 0.375. The minimum absolute atomic E-state index is 0. The highest BCUT2D eigenvalue weighted by Crippen LogP contribution is 2.07. The first-order valence-electron chi connectivity index (χ1n) is 7.43. The number of guanidine groups is 1. The maximum Gasteiger partial charge on any atom is 0.191 e. The highest BCUT2D eigenvalue weighted by atomic mass is 127. The van der Waals surface area contributed by atoms with Crippen molar-refractivity contribution in [3.8, 4) is 0 Å². The molecule has 1 aromatic carbocycles. The van der Waals surface area contributed by atoms with Crippen LogP contribution in [0, 0.1) is 5.82 Å². The number of aromatic nitrogens is 1. The summed E-state index contributed by atoms with van der Waals surface area (Å²) < 4.78 is 18.8. The quantitative estimate of drug-likeness (QED) is 0.418. The predicted molar refractivity (Wildman–Crippen MR) is 99.4 cm³/mol. The van der Waals surface area contributed by atoms with Gasteiger partial charge in [-0.1, -0.05) is 30.3 Å². The molecular weight excluding hydrogens is 410 g/mol. The minimum atomic E-state index is -0.245. The van der Waals surface area contributed by atoms with E-state index < -0.39 is 0 Å². The summed E-state index contributed by atoms with van der Waals surface area (Å²) in [5.74, 6) is 1.11. The number of rotatable bonds is 6. The molecule has 1 aromatic heterocycles. The van der Waals surface area contributed by atoms with E-state index >= 15 is 0 Å². The first-order valence-corrected chi connectivity index (χ1v) is 7.43. The van der Waals surface area contributed by atoms with Crippen LogP contribution in [0.1, 0.15) is 30.9 Å². The van der Waals surface area contributed by atoms with Crippen LogP contribution < -0.4 is 10.6 Å². The lowest BCUT2D eigenvalue weighted by molar-refractivity contribution is 0.374. The molecule has 0 aliphatic heterocycles. The molecule has 0 fully saturated rings. The van der Waals surface area contributed by atoms with Crippen LogP contribution in [0.3, 0.4) is 0 Å². The molecule has 2 N–H and O–H groups in total. The predicted octanol–water partition coefficient (Wildman–Crippen LogP) is 3.25. The molecule has 2 aromatic rings. The van der Waals surface area contributed by atoms with Crippen LogP contribution in [0.15, 0.2) is 39.8 Å². The Balaban J connectivity index is 0.00000264. The van der Waals surface area contributed by atoms with Gasteiger partial charge in [-0.2, -0.15) is 0 Å². The fourth-order valence-electron chi connectivity index (χ4n) is 1.91. The fourth-order valence-corrected chi connectivity index (χ4v) is 1.91. The van der Waals surface area contributed by atoms with Gasteiger partial charge in [0.2, 0.25) is 0 Å². The molecule has 0 aliphatic rings. The molecule has 23 heavy (non-hydrogen) atoms. The highest BCUT2D eigenvalue weighted by molar-refractivity contribution is 14.0. The first-order chi connectivity index (χ1) is 10.7. The van der Waals surface area contributed by atoms with Crippen LogP contribution >= 0.6 is 24.0 Å². The van der Waals surface area contributed by atoms with Crippen LogP contribution in [-0.2, 0) is 19.5 Å². The van der Waals surface area contributed by atoms with Gasteiger partial charge in [-0.15, -0.1) is 24.0 Å². The van der Waals surface area contributed by atoms with Crippen LogP contribution in [0.5, 0.6) is 0 Å². The molecule has 0 atom stereocenters. The molecule has 2 rings (SSSR count). The lowest BCUT2D eigenvalue weighted by atomic mass is 10.2. The van der Waals surface area contributed by atoms with Gasteiger partial charge in [0.25, 0.3) is 0 Å². The number of halogens is 2. The molecule has 0 spiro atoms. The summed E-state index contributed by atoms with van der Waals surface area (Å²) in [7, 11) is 0. The zero-order valence-electron chi connectivity index (χ0n) is 13.3. The lowest BCUT2D eigenvalue weighted by Crippen LogP contribution is -2.36. The van der Waals surface area contributed by atoms with Gasteiger partial charge in [0.15, 0.2) is 11.7 Å². The molecule has 0 unspecified atom stereocenters. The summed E-state index contributed by atoms with van der Waals surface area (Å²) in [6.45, 7) is 5.48. The largest absolute Gasteiger partial charge is 0.359 e. The summed E-state index contributed by atoms with van der Waals surface area (Å²) in [5.41, 5.74) is 1.48. The molecule has 126 valence electrons. The average Bonchev–Trinajstić information content (AvgIpc) is 2.99. The normalized spacial score (nSPS) is 11.0. The van der Waals surface area contributed by atoms with Crippen LogP contribution in [0.2, 0.25) is 0 Å². The van der Waals surface area contributed by atoms with E-state index in [0.29, 0.717) is 18.1 Å². The van der Waals surface area contributed by atoms with E-state index in [1.165, 1.54) is 6.07 Å². The van der Waals surface area contributed by atoms with Crippen LogP contribution in [-0.4, -0.2) is 17.7 Å². The van der Waals surface area contributed by atoms with Gasteiger partial charge in [-0.25, -0.2) is 9.38 Å². The number of nitrogens with one attached hydrogen (secondary N) is 2. The second-order valence-electron chi connectivity index (χ2n) is 4.78. The van der Waals surface area contributed by atoms with Gasteiger partial charge in [-0.3, -0.25) is 0 Å². The van der Waals surface area contributed by atoms with Crippen molar-refractivity contribution in [2.75, 3.05) is 6.54 Å². The smallest absolute Gasteiger partial charge is 0.191 e. The zero-order chi connectivity index (χ0) is 15.8. The van der Waals surface area contributed by atoms with Crippen molar-refractivity contribution in [1.82, 2.24) is 15.8 Å². The Morgan fingerprint density at radius 2 is 2.04 bits per heavy atom. The Kier molecular flexibility index (Phi) is 8.60. The monoisotopic (exact) mass is 432 g/mol. The van der Waals surface area contributed by atoms with E-state index in [4.69, 9.17) is 4.52 Å². The summed E-state index contributed by atoms with van der Waals surface area (Å²) in [4.78, 5) is 4.38. The van der Waals surface area contributed by atoms with E-state index in [1.807, 2.05) is 19.9 Å². The average molecular weight is 432 g/mol. The lowest BCUT2D eigenvalue weighted by Gasteiger charge is -2.10. The topological polar surface area (TPSA) is 62.5 Å². The van der Waals surface area contributed by atoms with E-state index in [-0.39, 0.29) is 36.3 Å². The molecule has 0 aliphatic carbocycles. The molecule has 0 saturated carbocycles. The third-order valence-corrected chi connectivity index (χ3v) is 3.11. The molecule has 5 nitrogen and oxygen atoms in total. The highest BCUT2D eigenvalue weighted by Gasteiger charge is 2.05. The Morgan fingerprint density at radius 1 is 1.26 bits per heavy atom. The van der Waals surface area contributed by atoms with Gasteiger partial charge in [-0.05, 0) is 19.4 Å². The van der Waals surface area contributed by atoms with Crippen LogP contribution in [0.25, 0.3) is 0 Å². The molecule has 0 radical (unpaired) electrons. The molecule has 0 amide bonds. The van der Waals surface area contributed by atoms with Crippen molar-refractivity contribution in [3.05, 3.63) is 53.2 Å². The SMILES string of the molecule is CCNC(=NCc1ccccc1F)NCc1cc(CC)no1.I. The Bertz CT molecular complexity index is 630. The number of aryl methyl sites for hydroxylation is 1. The Hall–Kier alpha value is -1.64. The van der Waals surface area contributed by atoms with Crippen molar-refractivity contribution in [3.63, 3.8) is 0 Å². The number of benzene rings is 1. The van der Waals surface area contributed by atoms with E-state index in [2.05, 4.69) is 20.8 Å². The van der Waals surface area contributed by atoms with Crippen molar-refractivity contribution in [1.29, 1.82) is 0 Å². The van der Waals surface area contributed by atoms with Crippen molar-refractivity contribution >= 4 is 29.9 Å². The van der Waals surface area contributed by atoms with Gasteiger partial charge < -0.3 is 15.2 Å². The minimum Gasteiger partial charge on any atom is -0.359 e. The second-order valence-corrected chi connectivity index (χ2v) is 4.78. The maximum absolute atomic E-state index is 13.6.